The fourth-order valence-electron chi connectivity index (χ4n) is 1.76. The molecule has 1 aromatic carbocycles. The first-order chi connectivity index (χ1) is 8.13. The summed E-state index contributed by atoms with van der Waals surface area (Å²) in [6.45, 7) is 0. The summed E-state index contributed by atoms with van der Waals surface area (Å²) in [4.78, 5) is 25.1. The normalized spacial score (nSPS) is 10.4. The van der Waals surface area contributed by atoms with Crippen molar-refractivity contribution in [3.63, 3.8) is 0 Å². The van der Waals surface area contributed by atoms with Gasteiger partial charge in [-0.15, -0.1) is 0 Å². The van der Waals surface area contributed by atoms with E-state index in [-0.39, 0.29) is 0 Å². The number of carboxylic acids is 1. The van der Waals surface area contributed by atoms with Crippen molar-refractivity contribution >= 4 is 22.7 Å². The lowest BCUT2D eigenvalue weighted by molar-refractivity contribution is -0.135. The number of H-pyrrole nitrogens is 1. The highest BCUT2D eigenvalue weighted by Crippen LogP contribution is 2.27. The highest BCUT2D eigenvalue weighted by molar-refractivity contribution is 6.13. The molecule has 0 saturated heterocycles. The smallest absolute Gasteiger partial charge is 0.311 e. The van der Waals surface area contributed by atoms with Gasteiger partial charge in [0.2, 0.25) is 0 Å². The Balaban J connectivity index is 2.50. The van der Waals surface area contributed by atoms with Crippen LogP contribution in [0.2, 0.25) is 0 Å². The molecule has 0 amide bonds. The highest BCUT2D eigenvalue weighted by Gasteiger charge is 2.16. The summed E-state index contributed by atoms with van der Waals surface area (Å²) >= 11 is 0. The molecular formula is C12H11NO4. The van der Waals surface area contributed by atoms with E-state index < -0.39 is 18.2 Å². The largest absolute Gasteiger partial charge is 0.495 e. The van der Waals surface area contributed by atoms with Crippen LogP contribution in [0.15, 0.2) is 24.4 Å². The fraction of sp³-hybridized carbons (Fsp3) is 0.167. The topological polar surface area (TPSA) is 79.4 Å². The molecule has 0 aliphatic carbocycles. The minimum atomic E-state index is -1.13. The van der Waals surface area contributed by atoms with Gasteiger partial charge in [-0.1, -0.05) is 12.1 Å². The van der Waals surface area contributed by atoms with E-state index in [4.69, 9.17) is 9.84 Å². The first-order valence-corrected chi connectivity index (χ1v) is 5.02. The number of para-hydroxylation sites is 1. The molecule has 2 N–H and O–H groups in total. The average Bonchev–Trinajstić information content (AvgIpc) is 2.71. The second kappa shape index (κ2) is 4.29. The van der Waals surface area contributed by atoms with E-state index in [9.17, 15) is 9.59 Å². The number of nitrogens with one attached hydrogen (secondary N) is 1. The predicted octanol–water partition coefficient (Wildman–Crippen LogP) is 1.83. The van der Waals surface area contributed by atoms with Crippen molar-refractivity contribution < 1.29 is 19.4 Å². The number of aromatic amines is 1. The van der Waals surface area contributed by atoms with Gasteiger partial charge in [-0.3, -0.25) is 9.59 Å². The van der Waals surface area contributed by atoms with Gasteiger partial charge in [-0.25, -0.2) is 0 Å². The SMILES string of the molecule is COc1cccc2c(C(=O)CC(=O)O)c[nH]c12. The van der Waals surface area contributed by atoms with Crippen LogP contribution in [0.25, 0.3) is 10.9 Å². The van der Waals surface area contributed by atoms with E-state index in [2.05, 4.69) is 4.98 Å². The summed E-state index contributed by atoms with van der Waals surface area (Å²) in [7, 11) is 1.54. The van der Waals surface area contributed by atoms with Crippen LogP contribution >= 0.6 is 0 Å². The van der Waals surface area contributed by atoms with Crippen LogP contribution < -0.4 is 4.74 Å². The van der Waals surface area contributed by atoms with Crippen molar-refractivity contribution in [2.24, 2.45) is 0 Å². The zero-order chi connectivity index (χ0) is 12.4. The van der Waals surface area contributed by atoms with Crippen molar-refractivity contribution in [1.82, 2.24) is 4.98 Å². The molecule has 0 aliphatic rings. The number of ether oxygens (including phenoxy) is 1. The quantitative estimate of drug-likeness (QED) is 0.623. The lowest BCUT2D eigenvalue weighted by Crippen LogP contribution is -2.06. The number of aromatic nitrogens is 1. The maximum absolute atomic E-state index is 11.7. The van der Waals surface area contributed by atoms with Crippen LogP contribution in [0.3, 0.4) is 0 Å². The molecule has 0 unspecified atom stereocenters. The lowest BCUT2D eigenvalue weighted by atomic mass is 10.1. The van der Waals surface area contributed by atoms with Crippen LogP contribution in [0, 0.1) is 0 Å². The number of aliphatic carboxylic acids is 1. The molecule has 0 fully saturated rings. The van der Waals surface area contributed by atoms with Crippen molar-refractivity contribution in [3.05, 3.63) is 30.0 Å². The van der Waals surface area contributed by atoms with Crippen LogP contribution in [0.5, 0.6) is 5.75 Å². The first kappa shape index (κ1) is 11.2. The third-order valence-corrected chi connectivity index (χ3v) is 2.51. The van der Waals surface area contributed by atoms with Gasteiger partial charge in [0.1, 0.15) is 12.2 Å². The molecule has 2 rings (SSSR count). The van der Waals surface area contributed by atoms with Gasteiger partial charge in [0, 0.05) is 17.1 Å². The highest BCUT2D eigenvalue weighted by atomic mass is 16.5. The second-order valence-electron chi connectivity index (χ2n) is 3.58. The van der Waals surface area contributed by atoms with E-state index in [0.29, 0.717) is 22.2 Å². The van der Waals surface area contributed by atoms with Crippen molar-refractivity contribution in [3.8, 4) is 5.75 Å². The molecule has 1 heterocycles. The number of Topliss-reactive ketones (excluding diaryl/α,β-unsaturated/α-hetero) is 1. The van der Waals surface area contributed by atoms with Gasteiger partial charge >= 0.3 is 5.97 Å². The van der Waals surface area contributed by atoms with Gasteiger partial charge in [-0.05, 0) is 6.07 Å². The van der Waals surface area contributed by atoms with Crippen LogP contribution in [0.4, 0.5) is 0 Å². The zero-order valence-electron chi connectivity index (χ0n) is 9.19. The number of hydrogen-bond donors (Lipinski definition) is 2. The molecule has 0 spiro atoms. The van der Waals surface area contributed by atoms with E-state index >= 15 is 0 Å². The number of benzene rings is 1. The Morgan fingerprint density at radius 1 is 1.41 bits per heavy atom. The molecule has 5 heteroatoms. The third kappa shape index (κ3) is 1.99. The minimum Gasteiger partial charge on any atom is -0.495 e. The van der Waals surface area contributed by atoms with E-state index in [1.54, 1.807) is 18.2 Å². The van der Waals surface area contributed by atoms with Crippen molar-refractivity contribution in [2.45, 2.75) is 6.42 Å². The Kier molecular flexibility index (Phi) is 2.82. The van der Waals surface area contributed by atoms with Crippen LogP contribution in [-0.4, -0.2) is 29.0 Å². The molecule has 17 heavy (non-hydrogen) atoms. The van der Waals surface area contributed by atoms with Gasteiger partial charge in [0.05, 0.1) is 12.6 Å². The van der Waals surface area contributed by atoms with Gasteiger partial charge < -0.3 is 14.8 Å². The van der Waals surface area contributed by atoms with Crippen molar-refractivity contribution in [1.29, 1.82) is 0 Å². The third-order valence-electron chi connectivity index (χ3n) is 2.51. The zero-order valence-corrected chi connectivity index (χ0v) is 9.19. The maximum atomic E-state index is 11.7. The number of carbonyl (C=O) groups is 2. The van der Waals surface area contributed by atoms with Crippen molar-refractivity contribution in [2.75, 3.05) is 7.11 Å². The number of hydrogen-bond acceptors (Lipinski definition) is 3. The lowest BCUT2D eigenvalue weighted by Gasteiger charge is -2.01. The Bertz CT molecular complexity index is 585. The molecular weight excluding hydrogens is 222 g/mol. The fourth-order valence-corrected chi connectivity index (χ4v) is 1.76. The molecule has 0 aliphatic heterocycles. The summed E-state index contributed by atoms with van der Waals surface area (Å²) in [5.74, 6) is -0.930. The summed E-state index contributed by atoms with van der Waals surface area (Å²) < 4.78 is 5.14. The molecule has 88 valence electrons. The number of methoxy groups -OCH3 is 1. The Morgan fingerprint density at radius 2 is 2.18 bits per heavy atom. The Hall–Kier alpha value is -2.30. The maximum Gasteiger partial charge on any atom is 0.311 e. The van der Waals surface area contributed by atoms with Gasteiger partial charge in [0.25, 0.3) is 0 Å². The monoisotopic (exact) mass is 233 g/mol. The van der Waals surface area contributed by atoms with E-state index in [1.807, 2.05) is 0 Å². The van der Waals surface area contributed by atoms with E-state index in [1.165, 1.54) is 13.3 Å². The summed E-state index contributed by atoms with van der Waals surface area (Å²) in [5.41, 5.74) is 1.07. The minimum absolute atomic E-state index is 0.376. The Morgan fingerprint density at radius 3 is 2.82 bits per heavy atom. The van der Waals surface area contributed by atoms with Gasteiger partial charge in [0.15, 0.2) is 5.78 Å². The summed E-state index contributed by atoms with van der Waals surface area (Å²) in [6, 6.07) is 5.28. The summed E-state index contributed by atoms with van der Waals surface area (Å²) in [6.07, 6.45) is 1.00. The molecule has 1 aromatic heterocycles. The molecule has 5 nitrogen and oxygen atoms in total. The molecule has 0 atom stereocenters. The standard InChI is InChI=1S/C12H11NO4/c1-17-10-4-2-3-7-8(6-13-12(7)10)9(14)5-11(15)16/h2-4,6,13H,5H2,1H3,(H,15,16). The number of rotatable bonds is 4. The van der Waals surface area contributed by atoms with Crippen LogP contribution in [0.1, 0.15) is 16.8 Å². The number of ketones is 1. The van der Waals surface area contributed by atoms with E-state index in [0.717, 1.165) is 0 Å². The van der Waals surface area contributed by atoms with Gasteiger partial charge in [-0.2, -0.15) is 0 Å². The molecule has 2 aromatic rings. The average molecular weight is 233 g/mol. The Labute approximate surface area is 97.0 Å². The molecule has 0 bridgehead atoms. The first-order valence-electron chi connectivity index (χ1n) is 5.02. The second-order valence-corrected chi connectivity index (χ2v) is 3.58. The predicted molar refractivity (Wildman–Crippen MR) is 61.4 cm³/mol. The number of fused-ring (bicyclic) bond motifs is 1. The summed E-state index contributed by atoms with van der Waals surface area (Å²) in [5, 5.41) is 9.28. The molecule has 0 saturated carbocycles. The number of carbonyl (C=O) groups excluding carboxylic acids is 1. The van der Waals surface area contributed by atoms with Crippen LogP contribution in [-0.2, 0) is 4.79 Å². The number of carboxylic acid groups (broad SMARTS) is 1. The molecule has 0 radical (unpaired) electrons.